The average molecular weight is 403 g/mol. The van der Waals surface area contributed by atoms with Crippen LogP contribution < -0.4 is 10.2 Å². The van der Waals surface area contributed by atoms with Gasteiger partial charge in [0.15, 0.2) is 5.88 Å². The van der Waals surface area contributed by atoms with E-state index in [4.69, 9.17) is 4.42 Å². The number of benzene rings is 1. The minimum atomic E-state index is -4.52. The van der Waals surface area contributed by atoms with Crippen molar-refractivity contribution in [2.75, 3.05) is 23.3 Å². The van der Waals surface area contributed by atoms with Crippen LogP contribution in [0.1, 0.15) is 37.0 Å². The lowest BCUT2D eigenvalue weighted by Gasteiger charge is -2.18. The fourth-order valence-corrected chi connectivity index (χ4v) is 3.14. The first-order valence-electron chi connectivity index (χ1n) is 9.32. The van der Waals surface area contributed by atoms with Crippen LogP contribution in [0.25, 0.3) is 6.08 Å². The van der Waals surface area contributed by atoms with Crippen molar-refractivity contribution in [3.63, 3.8) is 0 Å². The van der Waals surface area contributed by atoms with E-state index >= 15 is 0 Å². The Labute approximate surface area is 166 Å². The Kier molecular flexibility index (Phi) is 6.27. The summed E-state index contributed by atoms with van der Waals surface area (Å²) in [6, 6.07) is 9.46. The number of halogens is 3. The molecule has 0 aliphatic carbocycles. The molecule has 3 rings (SSSR count). The summed E-state index contributed by atoms with van der Waals surface area (Å²) in [7, 11) is 0. The standard InChI is InChI=1S/C21H20F3N3O2/c22-21(23,24)16-6-5-7-17(13-16)26-20(28)15(14-25)12-18-8-9-19(29-18)27-10-3-1-2-4-11-27/h5-9,12-13H,1-4,10-11H2,(H,26,28)/b15-12-. The molecule has 5 nitrogen and oxygen atoms in total. The first-order chi connectivity index (χ1) is 13.9. The summed E-state index contributed by atoms with van der Waals surface area (Å²) in [6.45, 7) is 1.77. The van der Waals surface area contributed by atoms with E-state index in [1.165, 1.54) is 31.1 Å². The highest BCUT2D eigenvalue weighted by Crippen LogP contribution is 2.31. The second-order valence-electron chi connectivity index (χ2n) is 6.78. The third kappa shape index (κ3) is 5.41. The van der Waals surface area contributed by atoms with Gasteiger partial charge in [-0.1, -0.05) is 18.9 Å². The summed E-state index contributed by atoms with van der Waals surface area (Å²) in [5.41, 5.74) is -1.19. The Hall–Kier alpha value is -3.21. The fraction of sp³-hybridized carbons (Fsp3) is 0.333. The number of rotatable bonds is 4. The quantitative estimate of drug-likeness (QED) is 0.561. The van der Waals surface area contributed by atoms with Gasteiger partial charge in [-0.2, -0.15) is 18.4 Å². The number of nitrogens with zero attached hydrogens (tertiary/aromatic N) is 2. The van der Waals surface area contributed by atoms with Gasteiger partial charge < -0.3 is 14.6 Å². The van der Waals surface area contributed by atoms with Crippen LogP contribution in [0.3, 0.4) is 0 Å². The number of nitrogens with one attached hydrogen (secondary N) is 1. The van der Waals surface area contributed by atoms with Crippen molar-refractivity contribution >= 4 is 23.6 Å². The van der Waals surface area contributed by atoms with E-state index < -0.39 is 17.6 Å². The lowest BCUT2D eigenvalue weighted by atomic mass is 10.1. The molecular formula is C21H20F3N3O2. The number of furan rings is 1. The summed E-state index contributed by atoms with van der Waals surface area (Å²) in [4.78, 5) is 14.5. The molecule has 1 saturated heterocycles. The number of hydrogen-bond donors (Lipinski definition) is 1. The molecule has 1 aromatic heterocycles. The molecule has 0 unspecified atom stereocenters. The Morgan fingerprint density at radius 1 is 1.14 bits per heavy atom. The van der Waals surface area contributed by atoms with Crippen LogP contribution in [-0.4, -0.2) is 19.0 Å². The topological polar surface area (TPSA) is 69.3 Å². The van der Waals surface area contributed by atoms with Gasteiger partial charge in [0.2, 0.25) is 0 Å². The van der Waals surface area contributed by atoms with Crippen molar-refractivity contribution in [3.05, 3.63) is 53.3 Å². The Bertz CT molecular complexity index is 933. The highest BCUT2D eigenvalue weighted by molar-refractivity contribution is 6.09. The SMILES string of the molecule is N#C/C(=C/c1ccc(N2CCCCCC2)o1)C(=O)Nc1cccc(C(F)(F)F)c1. The summed E-state index contributed by atoms with van der Waals surface area (Å²) in [6.07, 6.45) is 1.27. The van der Waals surface area contributed by atoms with Gasteiger partial charge in [-0.15, -0.1) is 0 Å². The smallest absolute Gasteiger partial charge is 0.416 e. The van der Waals surface area contributed by atoms with E-state index in [0.717, 1.165) is 38.1 Å². The molecule has 1 N–H and O–H groups in total. The second-order valence-corrected chi connectivity index (χ2v) is 6.78. The number of alkyl halides is 3. The zero-order valence-electron chi connectivity index (χ0n) is 15.6. The maximum atomic E-state index is 12.8. The first kappa shape index (κ1) is 20.5. The van der Waals surface area contributed by atoms with Crippen molar-refractivity contribution in [1.82, 2.24) is 0 Å². The van der Waals surface area contributed by atoms with Crippen molar-refractivity contribution in [1.29, 1.82) is 5.26 Å². The maximum Gasteiger partial charge on any atom is 0.416 e. The van der Waals surface area contributed by atoms with E-state index in [1.54, 1.807) is 18.2 Å². The Morgan fingerprint density at radius 3 is 2.52 bits per heavy atom. The van der Waals surface area contributed by atoms with Crippen LogP contribution in [-0.2, 0) is 11.0 Å². The van der Waals surface area contributed by atoms with Crippen LogP contribution in [0.5, 0.6) is 0 Å². The maximum absolute atomic E-state index is 12.8. The van der Waals surface area contributed by atoms with Gasteiger partial charge in [0, 0.05) is 30.9 Å². The van der Waals surface area contributed by atoms with Gasteiger partial charge in [0.25, 0.3) is 5.91 Å². The minimum Gasteiger partial charge on any atom is -0.441 e. The number of carbonyl (C=O) groups is 1. The Balaban J connectivity index is 1.73. The Morgan fingerprint density at radius 2 is 1.86 bits per heavy atom. The predicted molar refractivity (Wildman–Crippen MR) is 103 cm³/mol. The molecule has 8 heteroatoms. The molecule has 0 radical (unpaired) electrons. The third-order valence-corrected chi connectivity index (χ3v) is 4.63. The van der Waals surface area contributed by atoms with Gasteiger partial charge in [-0.05, 0) is 37.1 Å². The molecule has 0 bridgehead atoms. The summed E-state index contributed by atoms with van der Waals surface area (Å²) < 4.78 is 44.2. The molecule has 1 amide bonds. The zero-order valence-corrected chi connectivity index (χ0v) is 15.6. The molecular weight excluding hydrogens is 383 g/mol. The second kappa shape index (κ2) is 8.86. The number of anilines is 2. The van der Waals surface area contributed by atoms with E-state index in [-0.39, 0.29) is 11.3 Å². The lowest BCUT2D eigenvalue weighted by molar-refractivity contribution is -0.137. The van der Waals surface area contributed by atoms with Crippen molar-refractivity contribution in [2.45, 2.75) is 31.9 Å². The van der Waals surface area contributed by atoms with Crippen molar-refractivity contribution in [3.8, 4) is 6.07 Å². The van der Waals surface area contributed by atoms with E-state index in [1.807, 2.05) is 0 Å². The molecule has 1 aromatic carbocycles. The molecule has 1 aliphatic heterocycles. The van der Waals surface area contributed by atoms with E-state index in [0.29, 0.717) is 11.6 Å². The van der Waals surface area contributed by atoms with Crippen molar-refractivity contribution < 1.29 is 22.4 Å². The van der Waals surface area contributed by atoms with E-state index in [9.17, 15) is 23.2 Å². The minimum absolute atomic E-state index is 0.0457. The van der Waals surface area contributed by atoms with Gasteiger partial charge in [-0.3, -0.25) is 4.79 Å². The van der Waals surface area contributed by atoms with Crippen LogP contribution in [0.4, 0.5) is 24.7 Å². The summed E-state index contributed by atoms with van der Waals surface area (Å²) in [5.74, 6) is 0.202. The van der Waals surface area contributed by atoms with Crippen LogP contribution in [0.2, 0.25) is 0 Å². The monoisotopic (exact) mass is 403 g/mol. The average Bonchev–Trinajstić information content (AvgIpc) is 2.98. The summed E-state index contributed by atoms with van der Waals surface area (Å²) >= 11 is 0. The molecule has 1 fully saturated rings. The van der Waals surface area contributed by atoms with Gasteiger partial charge in [0.05, 0.1) is 5.56 Å². The molecule has 0 saturated carbocycles. The van der Waals surface area contributed by atoms with Gasteiger partial charge in [-0.25, -0.2) is 0 Å². The lowest BCUT2D eigenvalue weighted by Crippen LogP contribution is -2.23. The fourth-order valence-electron chi connectivity index (χ4n) is 3.14. The van der Waals surface area contributed by atoms with Gasteiger partial charge in [0.1, 0.15) is 17.4 Å². The normalized spacial score (nSPS) is 15.5. The van der Waals surface area contributed by atoms with Crippen LogP contribution >= 0.6 is 0 Å². The molecule has 1 aliphatic rings. The van der Waals surface area contributed by atoms with E-state index in [2.05, 4.69) is 10.2 Å². The van der Waals surface area contributed by atoms with Crippen LogP contribution in [0.15, 0.2) is 46.4 Å². The molecule has 152 valence electrons. The highest BCUT2D eigenvalue weighted by atomic mass is 19.4. The van der Waals surface area contributed by atoms with Crippen molar-refractivity contribution in [2.24, 2.45) is 0 Å². The predicted octanol–water partition coefficient (Wildman–Crippen LogP) is 5.22. The molecule has 0 spiro atoms. The molecule has 2 aromatic rings. The molecule has 2 heterocycles. The number of nitriles is 1. The van der Waals surface area contributed by atoms with Gasteiger partial charge >= 0.3 is 6.18 Å². The van der Waals surface area contributed by atoms with Crippen LogP contribution in [0, 0.1) is 11.3 Å². The number of hydrogen-bond acceptors (Lipinski definition) is 4. The third-order valence-electron chi connectivity index (χ3n) is 4.63. The summed E-state index contributed by atoms with van der Waals surface area (Å²) in [5, 5.41) is 11.6. The largest absolute Gasteiger partial charge is 0.441 e. The first-order valence-corrected chi connectivity index (χ1v) is 9.32. The molecule has 0 atom stereocenters. The number of amides is 1. The highest BCUT2D eigenvalue weighted by Gasteiger charge is 2.30. The number of carbonyl (C=O) groups excluding carboxylic acids is 1. The molecule has 29 heavy (non-hydrogen) atoms. The zero-order chi connectivity index (χ0) is 20.9.